The summed E-state index contributed by atoms with van der Waals surface area (Å²) in [5, 5.41) is 28.3. The third-order valence-corrected chi connectivity index (χ3v) is 6.20. The number of rotatable bonds is 12. The highest BCUT2D eigenvalue weighted by molar-refractivity contribution is 14.1. The predicted molar refractivity (Wildman–Crippen MR) is 149 cm³/mol. The topological polar surface area (TPSA) is 164 Å². The number of aliphatic hydroxyl groups is 1. The van der Waals surface area contributed by atoms with Crippen molar-refractivity contribution in [3.8, 4) is 23.3 Å². The second-order valence-electron chi connectivity index (χ2n) is 8.05. The highest BCUT2D eigenvalue weighted by atomic mass is 127. The fourth-order valence-electron chi connectivity index (χ4n) is 3.64. The molecule has 2 aromatic carbocycles. The van der Waals surface area contributed by atoms with Crippen molar-refractivity contribution in [3.63, 3.8) is 0 Å². The molecule has 0 radical (unpaired) electrons. The number of urea groups is 1. The first kappa shape index (κ1) is 29.5. The minimum atomic E-state index is -1.13. The van der Waals surface area contributed by atoms with Gasteiger partial charge in [0.25, 0.3) is 0 Å². The van der Waals surface area contributed by atoms with Gasteiger partial charge in [-0.3, -0.25) is 5.43 Å². The lowest BCUT2D eigenvalue weighted by atomic mass is 9.95. The van der Waals surface area contributed by atoms with Crippen LogP contribution in [0.25, 0.3) is 0 Å². The number of esters is 1. The Bertz CT molecular complexity index is 1310. The van der Waals surface area contributed by atoms with Crippen LogP contribution < -0.4 is 30.3 Å². The largest absolute Gasteiger partial charge is 0.490 e. The molecule has 0 aliphatic carbocycles. The van der Waals surface area contributed by atoms with E-state index in [9.17, 15) is 14.7 Å². The number of nitrogens with zero attached hydrogens (tertiary/aromatic N) is 2. The van der Waals surface area contributed by atoms with E-state index >= 15 is 0 Å². The average molecular weight is 649 g/mol. The Kier molecular flexibility index (Phi) is 10.8. The lowest BCUT2D eigenvalue weighted by Gasteiger charge is -2.28. The fraction of sp³-hybridized carbons (Fsp3) is 0.308. The number of carbonyl (C=O) groups excluding carboxylic acids is 2. The van der Waals surface area contributed by atoms with Crippen LogP contribution >= 0.6 is 22.6 Å². The lowest BCUT2D eigenvalue weighted by molar-refractivity contribution is -0.136. The molecule has 2 atom stereocenters. The molecule has 206 valence electrons. The molecule has 4 N–H and O–H groups in total. The van der Waals surface area contributed by atoms with Crippen molar-refractivity contribution >= 4 is 40.8 Å². The Morgan fingerprint density at radius 1 is 1.23 bits per heavy atom. The molecule has 2 aromatic rings. The summed E-state index contributed by atoms with van der Waals surface area (Å²) in [5.41, 5.74) is 4.60. The van der Waals surface area contributed by atoms with E-state index in [1.54, 1.807) is 44.2 Å². The SMILES string of the molecule is CCOc1cc([C@@H]2NC(=O)NC(C)=C2C(=O)OC)ccc1OC[C@@H](O)N/N=C\c1ccc(OCC#N)c(I)c1. The summed E-state index contributed by atoms with van der Waals surface area (Å²) in [6.07, 6.45) is 0.398. The molecular weight excluding hydrogens is 621 g/mol. The molecule has 3 rings (SSSR count). The van der Waals surface area contributed by atoms with Crippen molar-refractivity contribution in [2.75, 3.05) is 26.9 Å². The van der Waals surface area contributed by atoms with Crippen molar-refractivity contribution in [1.29, 1.82) is 5.26 Å². The van der Waals surface area contributed by atoms with Gasteiger partial charge in [-0.25, -0.2) is 9.59 Å². The van der Waals surface area contributed by atoms with Gasteiger partial charge in [0, 0.05) is 5.70 Å². The fourth-order valence-corrected chi connectivity index (χ4v) is 4.34. The predicted octanol–water partition coefficient (Wildman–Crippen LogP) is 2.71. The smallest absolute Gasteiger partial charge is 0.337 e. The number of allylic oxidation sites excluding steroid dienone is 1. The van der Waals surface area contributed by atoms with Gasteiger partial charge in [0.2, 0.25) is 0 Å². The van der Waals surface area contributed by atoms with Crippen molar-refractivity contribution in [3.05, 3.63) is 62.4 Å². The van der Waals surface area contributed by atoms with Crippen LogP contribution in [-0.2, 0) is 9.53 Å². The molecule has 0 fully saturated rings. The standard InChI is InChI=1S/C26H28IN5O7/c1-4-37-21-12-17(24-23(25(34)36-3)15(2)30-26(35)31-24)6-8-20(21)39-14-22(33)32-29-13-16-5-7-19(18(27)11-16)38-10-9-28/h5-8,11-13,22,24,32-33H,4,10,14H2,1-3H3,(H2,30,31,35)/b29-13-/t22-,24+/m1/s1. The molecule has 0 saturated carbocycles. The number of nitriles is 1. The summed E-state index contributed by atoms with van der Waals surface area (Å²) in [5.74, 6) is 0.750. The Balaban J connectivity index is 1.66. The van der Waals surface area contributed by atoms with Crippen molar-refractivity contribution in [2.45, 2.75) is 26.1 Å². The Morgan fingerprint density at radius 3 is 2.69 bits per heavy atom. The van der Waals surface area contributed by atoms with E-state index in [1.807, 2.05) is 12.1 Å². The maximum atomic E-state index is 12.4. The van der Waals surface area contributed by atoms with E-state index in [0.717, 1.165) is 9.13 Å². The van der Waals surface area contributed by atoms with Gasteiger partial charge in [0.05, 0.1) is 35.1 Å². The van der Waals surface area contributed by atoms with Crippen LogP contribution in [0.4, 0.5) is 4.79 Å². The van der Waals surface area contributed by atoms with Gasteiger partial charge in [0.15, 0.2) is 24.3 Å². The van der Waals surface area contributed by atoms with Gasteiger partial charge in [-0.15, -0.1) is 0 Å². The monoisotopic (exact) mass is 649 g/mol. The first-order valence-electron chi connectivity index (χ1n) is 11.8. The number of hydrazone groups is 1. The van der Waals surface area contributed by atoms with E-state index in [1.165, 1.54) is 13.3 Å². The molecule has 0 saturated heterocycles. The third-order valence-electron chi connectivity index (χ3n) is 5.36. The molecule has 0 aromatic heterocycles. The molecule has 0 unspecified atom stereocenters. The summed E-state index contributed by atoms with van der Waals surface area (Å²) in [6, 6.07) is 11.0. The molecule has 39 heavy (non-hydrogen) atoms. The maximum Gasteiger partial charge on any atom is 0.337 e. The van der Waals surface area contributed by atoms with E-state index in [0.29, 0.717) is 35.1 Å². The van der Waals surface area contributed by atoms with Crippen LogP contribution in [-0.4, -0.2) is 56.5 Å². The minimum absolute atomic E-state index is 0.0369. The number of halogens is 1. The number of carbonyl (C=O) groups is 2. The van der Waals surface area contributed by atoms with E-state index < -0.39 is 24.3 Å². The highest BCUT2D eigenvalue weighted by Gasteiger charge is 2.32. The zero-order valence-electron chi connectivity index (χ0n) is 21.5. The number of hydrogen-bond acceptors (Lipinski definition) is 10. The second kappa shape index (κ2) is 14.2. The molecule has 1 aliphatic heterocycles. The normalized spacial score (nSPS) is 15.6. The summed E-state index contributed by atoms with van der Waals surface area (Å²) in [6.45, 7) is 3.58. The first-order chi connectivity index (χ1) is 18.8. The molecule has 2 amide bonds. The number of aliphatic hydroxyl groups excluding tert-OH is 1. The van der Waals surface area contributed by atoms with Crippen LogP contribution in [0.15, 0.2) is 52.8 Å². The number of benzene rings is 2. The second-order valence-corrected chi connectivity index (χ2v) is 9.21. The van der Waals surface area contributed by atoms with Crippen molar-refractivity contribution in [2.24, 2.45) is 5.10 Å². The van der Waals surface area contributed by atoms with Crippen LogP contribution in [0.1, 0.15) is 31.0 Å². The van der Waals surface area contributed by atoms with Crippen LogP contribution in [0.3, 0.4) is 0 Å². The zero-order valence-corrected chi connectivity index (χ0v) is 23.6. The molecule has 0 bridgehead atoms. The molecule has 0 spiro atoms. The summed E-state index contributed by atoms with van der Waals surface area (Å²) >= 11 is 2.10. The number of amides is 2. The average Bonchev–Trinajstić information content (AvgIpc) is 2.91. The van der Waals surface area contributed by atoms with Crippen molar-refractivity contribution in [1.82, 2.24) is 16.1 Å². The third kappa shape index (κ3) is 7.98. The van der Waals surface area contributed by atoms with Gasteiger partial charge >= 0.3 is 12.0 Å². The van der Waals surface area contributed by atoms with Gasteiger partial charge in [-0.05, 0) is 77.9 Å². The van der Waals surface area contributed by atoms with Gasteiger partial charge in [-0.1, -0.05) is 6.07 Å². The molecule has 1 heterocycles. The van der Waals surface area contributed by atoms with Gasteiger partial charge in [0.1, 0.15) is 18.4 Å². The molecule has 13 heteroatoms. The molecule has 12 nitrogen and oxygen atoms in total. The lowest BCUT2D eigenvalue weighted by Crippen LogP contribution is -2.45. The van der Waals surface area contributed by atoms with E-state index in [4.69, 9.17) is 24.2 Å². The molecule has 1 aliphatic rings. The van der Waals surface area contributed by atoms with Crippen LogP contribution in [0.2, 0.25) is 0 Å². The minimum Gasteiger partial charge on any atom is -0.490 e. The summed E-state index contributed by atoms with van der Waals surface area (Å²) < 4.78 is 22.5. The summed E-state index contributed by atoms with van der Waals surface area (Å²) in [7, 11) is 1.27. The number of methoxy groups -OCH3 is 1. The zero-order chi connectivity index (χ0) is 28.4. The Morgan fingerprint density at radius 2 is 2.00 bits per heavy atom. The van der Waals surface area contributed by atoms with Crippen molar-refractivity contribution < 1.29 is 33.6 Å². The number of hydrogen-bond donors (Lipinski definition) is 4. The van der Waals surface area contributed by atoms with E-state index in [2.05, 4.69) is 43.8 Å². The van der Waals surface area contributed by atoms with E-state index in [-0.39, 0.29) is 18.8 Å². The Hall–Kier alpha value is -4.03. The van der Waals surface area contributed by atoms with Gasteiger partial charge in [-0.2, -0.15) is 10.4 Å². The van der Waals surface area contributed by atoms with Crippen LogP contribution in [0.5, 0.6) is 17.2 Å². The Labute approximate surface area is 239 Å². The number of ether oxygens (including phenoxy) is 4. The van der Waals surface area contributed by atoms with Gasteiger partial charge < -0.3 is 34.7 Å². The maximum absolute atomic E-state index is 12.4. The number of nitrogens with one attached hydrogen (secondary N) is 3. The summed E-state index contributed by atoms with van der Waals surface area (Å²) in [4.78, 5) is 24.5. The quantitative estimate of drug-likeness (QED) is 0.0891. The highest BCUT2D eigenvalue weighted by Crippen LogP contribution is 2.35. The first-order valence-corrected chi connectivity index (χ1v) is 12.9. The van der Waals surface area contributed by atoms with Crippen LogP contribution in [0, 0.1) is 14.9 Å². The molecular formula is C26H28IN5O7.